The molecule has 3 aromatic rings. The number of fused-ring (bicyclic) bond motifs is 1. The van der Waals surface area contributed by atoms with Gasteiger partial charge in [-0.2, -0.15) is 0 Å². The number of rotatable bonds is 7. The van der Waals surface area contributed by atoms with Crippen LogP contribution in [0.1, 0.15) is 0 Å². The van der Waals surface area contributed by atoms with Gasteiger partial charge in [-0.3, -0.25) is 0 Å². The minimum atomic E-state index is -1.11. The first-order valence-corrected chi connectivity index (χ1v) is 13.1. The van der Waals surface area contributed by atoms with Crippen LogP contribution in [0.2, 0.25) is 35.9 Å². The van der Waals surface area contributed by atoms with Crippen molar-refractivity contribution in [3.05, 3.63) is 52.5 Å². The molecule has 0 fully saturated rings. The van der Waals surface area contributed by atoms with E-state index in [4.69, 9.17) is 27.9 Å². The largest absolute Gasteiger partial charge is 0.361 e. The van der Waals surface area contributed by atoms with Crippen molar-refractivity contribution in [2.45, 2.75) is 32.4 Å². The van der Waals surface area contributed by atoms with E-state index in [1.165, 1.54) is 6.07 Å². The molecule has 4 nitrogen and oxygen atoms in total. The first kappa shape index (κ1) is 20.1. The van der Waals surface area contributed by atoms with Gasteiger partial charge in [0.05, 0.1) is 11.4 Å². The molecule has 27 heavy (non-hydrogen) atoms. The van der Waals surface area contributed by atoms with Crippen molar-refractivity contribution in [2.24, 2.45) is 0 Å². The first-order valence-electron chi connectivity index (χ1n) is 8.68. The number of ether oxygens (including phenoxy) is 1. The molecule has 2 heterocycles. The lowest BCUT2D eigenvalue weighted by Crippen LogP contribution is -2.22. The number of aromatic nitrogens is 2. The Morgan fingerprint density at radius 2 is 1.93 bits per heavy atom. The highest BCUT2D eigenvalue weighted by molar-refractivity contribution is 6.76. The summed E-state index contributed by atoms with van der Waals surface area (Å²) in [4.78, 5) is 4.45. The molecule has 3 rings (SSSR count). The van der Waals surface area contributed by atoms with Gasteiger partial charge in [0.25, 0.3) is 0 Å². The highest BCUT2D eigenvalue weighted by atomic mass is 35.5. The van der Waals surface area contributed by atoms with E-state index in [2.05, 4.69) is 29.9 Å². The average Bonchev–Trinajstić information content (AvgIpc) is 2.95. The van der Waals surface area contributed by atoms with Crippen molar-refractivity contribution in [2.75, 3.05) is 11.9 Å². The fraction of sp³-hybridized carbons (Fsp3) is 0.316. The summed E-state index contributed by atoms with van der Waals surface area (Å²) >= 11 is 12.1. The van der Waals surface area contributed by atoms with Crippen LogP contribution in [0.25, 0.3) is 11.0 Å². The van der Waals surface area contributed by atoms with Crippen molar-refractivity contribution in [3.8, 4) is 0 Å². The molecule has 1 aromatic carbocycles. The van der Waals surface area contributed by atoms with Crippen LogP contribution in [0, 0.1) is 5.82 Å². The third-order valence-electron chi connectivity index (χ3n) is 4.12. The van der Waals surface area contributed by atoms with Crippen LogP contribution in [0.15, 0.2) is 36.5 Å². The Kier molecular flexibility index (Phi) is 6.10. The van der Waals surface area contributed by atoms with Crippen LogP contribution in [0.5, 0.6) is 0 Å². The van der Waals surface area contributed by atoms with Gasteiger partial charge in [0.1, 0.15) is 18.2 Å². The van der Waals surface area contributed by atoms with E-state index in [0.717, 1.165) is 23.7 Å². The number of hydrogen-bond acceptors (Lipinski definition) is 3. The zero-order valence-electron chi connectivity index (χ0n) is 15.5. The SMILES string of the molecule is C[Si](C)(C)CCOCn1ccc2cc(Nc3ccc(Cl)cc3F)c(Cl)nc21. The van der Waals surface area contributed by atoms with Crippen molar-refractivity contribution in [1.82, 2.24) is 9.55 Å². The minimum Gasteiger partial charge on any atom is -0.361 e. The van der Waals surface area contributed by atoms with E-state index in [-0.39, 0.29) is 10.8 Å². The molecule has 0 saturated heterocycles. The predicted molar refractivity (Wildman–Crippen MR) is 114 cm³/mol. The Labute approximate surface area is 169 Å². The molecule has 0 amide bonds. The van der Waals surface area contributed by atoms with Crippen LogP contribution >= 0.6 is 23.2 Å². The maximum atomic E-state index is 14.0. The number of nitrogens with zero attached hydrogens (tertiary/aromatic N) is 2. The van der Waals surface area contributed by atoms with Crippen LogP contribution in [-0.4, -0.2) is 24.2 Å². The number of pyridine rings is 1. The summed E-state index contributed by atoms with van der Waals surface area (Å²) in [6, 6.07) is 9.32. The minimum absolute atomic E-state index is 0.263. The second-order valence-corrected chi connectivity index (χ2v) is 14.0. The van der Waals surface area contributed by atoms with E-state index >= 15 is 0 Å². The predicted octanol–water partition coefficient (Wildman–Crippen LogP) is 6.54. The molecule has 0 atom stereocenters. The fourth-order valence-electron chi connectivity index (χ4n) is 2.56. The summed E-state index contributed by atoms with van der Waals surface area (Å²) in [7, 11) is -1.11. The smallest absolute Gasteiger partial charge is 0.154 e. The number of benzene rings is 1. The molecule has 0 aliphatic carbocycles. The highest BCUT2D eigenvalue weighted by Gasteiger charge is 2.13. The Morgan fingerprint density at radius 1 is 1.15 bits per heavy atom. The second kappa shape index (κ2) is 8.18. The Hall–Kier alpha value is -1.60. The topological polar surface area (TPSA) is 39.1 Å². The molecular formula is C19H22Cl2FN3OSi. The molecule has 0 aliphatic rings. The summed E-state index contributed by atoms with van der Waals surface area (Å²) in [5.41, 5.74) is 1.55. The molecule has 0 saturated carbocycles. The van der Waals surface area contributed by atoms with Gasteiger partial charge in [0.15, 0.2) is 5.15 Å². The molecule has 8 heteroatoms. The van der Waals surface area contributed by atoms with Crippen molar-refractivity contribution in [3.63, 3.8) is 0 Å². The van der Waals surface area contributed by atoms with Gasteiger partial charge in [-0.15, -0.1) is 0 Å². The van der Waals surface area contributed by atoms with Gasteiger partial charge >= 0.3 is 0 Å². The monoisotopic (exact) mass is 425 g/mol. The highest BCUT2D eigenvalue weighted by Crippen LogP contribution is 2.30. The van der Waals surface area contributed by atoms with Crippen molar-refractivity contribution in [1.29, 1.82) is 0 Å². The lowest BCUT2D eigenvalue weighted by atomic mass is 10.2. The molecule has 0 radical (unpaired) electrons. The standard InChI is InChI=1S/C19H22Cl2FN3OSi/c1-27(2,3)9-8-26-12-25-7-6-13-10-17(18(21)24-19(13)25)23-16-5-4-14(20)11-15(16)22/h4-7,10-11,23H,8-9,12H2,1-3H3. The van der Waals surface area contributed by atoms with Crippen LogP contribution in [0.4, 0.5) is 15.8 Å². The third-order valence-corrected chi connectivity index (χ3v) is 6.35. The quantitative estimate of drug-likeness (QED) is 0.265. The second-order valence-electron chi connectivity index (χ2n) is 7.62. The Bertz CT molecular complexity index is 956. The summed E-state index contributed by atoms with van der Waals surface area (Å²) in [5.74, 6) is -0.452. The molecule has 0 unspecified atom stereocenters. The van der Waals surface area contributed by atoms with Gasteiger partial charge in [0, 0.05) is 31.3 Å². The van der Waals surface area contributed by atoms with Gasteiger partial charge in [-0.1, -0.05) is 42.8 Å². The van der Waals surface area contributed by atoms with E-state index in [9.17, 15) is 4.39 Å². The fourth-order valence-corrected chi connectivity index (χ4v) is 3.66. The van der Waals surface area contributed by atoms with Crippen LogP contribution in [-0.2, 0) is 11.5 Å². The van der Waals surface area contributed by atoms with Crippen LogP contribution in [0.3, 0.4) is 0 Å². The summed E-state index contributed by atoms with van der Waals surface area (Å²) < 4.78 is 21.7. The molecule has 0 aliphatic heterocycles. The summed E-state index contributed by atoms with van der Waals surface area (Å²) in [5, 5.41) is 4.47. The maximum absolute atomic E-state index is 14.0. The summed E-state index contributed by atoms with van der Waals surface area (Å²) in [6.45, 7) is 8.12. The Balaban J connectivity index is 1.76. The van der Waals surface area contributed by atoms with Gasteiger partial charge in [0.2, 0.25) is 0 Å². The lowest BCUT2D eigenvalue weighted by molar-refractivity contribution is 0.0899. The molecule has 0 spiro atoms. The lowest BCUT2D eigenvalue weighted by Gasteiger charge is -2.15. The molecule has 1 N–H and O–H groups in total. The van der Waals surface area contributed by atoms with E-state index in [1.807, 2.05) is 22.9 Å². The molecular weight excluding hydrogens is 404 g/mol. The summed E-state index contributed by atoms with van der Waals surface area (Å²) in [6.07, 6.45) is 1.91. The van der Waals surface area contributed by atoms with Gasteiger partial charge in [-0.25, -0.2) is 9.37 Å². The average molecular weight is 426 g/mol. The molecule has 2 aromatic heterocycles. The van der Waals surface area contributed by atoms with Crippen molar-refractivity contribution < 1.29 is 9.13 Å². The van der Waals surface area contributed by atoms with E-state index in [0.29, 0.717) is 17.4 Å². The first-order chi connectivity index (χ1) is 12.7. The molecule has 144 valence electrons. The normalized spacial score (nSPS) is 11.9. The number of anilines is 2. The maximum Gasteiger partial charge on any atom is 0.154 e. The van der Waals surface area contributed by atoms with Gasteiger partial charge in [-0.05, 0) is 36.4 Å². The van der Waals surface area contributed by atoms with Crippen LogP contribution < -0.4 is 5.32 Å². The number of nitrogens with one attached hydrogen (secondary N) is 1. The number of halogens is 3. The van der Waals surface area contributed by atoms with E-state index in [1.54, 1.807) is 12.1 Å². The van der Waals surface area contributed by atoms with Gasteiger partial charge < -0.3 is 14.6 Å². The van der Waals surface area contributed by atoms with Crippen molar-refractivity contribution >= 4 is 53.7 Å². The van der Waals surface area contributed by atoms with E-state index < -0.39 is 13.9 Å². The zero-order valence-corrected chi connectivity index (χ0v) is 18.0. The zero-order chi connectivity index (χ0) is 19.6. The number of hydrogen-bond donors (Lipinski definition) is 1. The molecule has 0 bridgehead atoms. The third kappa shape index (κ3) is 5.22. The Morgan fingerprint density at radius 3 is 2.63 bits per heavy atom.